The predicted octanol–water partition coefficient (Wildman–Crippen LogP) is 0.980. The molecule has 4 nitrogen and oxygen atoms in total. The van der Waals surface area contributed by atoms with Gasteiger partial charge in [0.1, 0.15) is 0 Å². The van der Waals surface area contributed by atoms with Gasteiger partial charge in [-0.05, 0) is 6.42 Å². The molecule has 0 aliphatic carbocycles. The summed E-state index contributed by atoms with van der Waals surface area (Å²) in [7, 11) is 0. The molecule has 2 aliphatic rings. The summed E-state index contributed by atoms with van der Waals surface area (Å²) in [6, 6.07) is 0.280. The second-order valence-electron chi connectivity index (χ2n) is 5.70. The third-order valence-corrected chi connectivity index (χ3v) is 4.37. The average Bonchev–Trinajstić information content (AvgIpc) is 2.46. The number of nitrogens with zero attached hydrogens (tertiary/aromatic N) is 3. The van der Waals surface area contributed by atoms with Crippen LogP contribution in [0.15, 0.2) is 0 Å². The summed E-state index contributed by atoms with van der Waals surface area (Å²) in [6.45, 7) is 10.4. The van der Waals surface area contributed by atoms with Crippen molar-refractivity contribution in [3.05, 3.63) is 0 Å². The predicted molar refractivity (Wildman–Crippen MR) is 75.4 cm³/mol. The van der Waals surface area contributed by atoms with E-state index in [-0.39, 0.29) is 12.6 Å². The van der Waals surface area contributed by atoms with Crippen LogP contribution in [-0.4, -0.2) is 92.7 Å². The molecule has 2 aliphatic heterocycles. The van der Waals surface area contributed by atoms with E-state index in [1.807, 2.05) is 4.90 Å². The topological polar surface area (TPSA) is 19.0 Å². The number of hydrogen-bond donors (Lipinski definition) is 0. The van der Waals surface area contributed by atoms with Gasteiger partial charge in [-0.15, -0.1) is 0 Å². The third kappa shape index (κ3) is 4.91. The van der Waals surface area contributed by atoms with Gasteiger partial charge >= 0.3 is 0 Å². The van der Waals surface area contributed by atoms with Crippen LogP contribution in [0.5, 0.6) is 0 Å². The Labute approximate surface area is 120 Å². The van der Waals surface area contributed by atoms with Crippen LogP contribution in [-0.2, 0) is 4.74 Å². The van der Waals surface area contributed by atoms with Gasteiger partial charge < -0.3 is 4.74 Å². The Morgan fingerprint density at radius 2 is 1.75 bits per heavy atom. The number of morpholine rings is 1. The first-order valence-electron chi connectivity index (χ1n) is 7.73. The number of ether oxygens (including phenoxy) is 1. The highest BCUT2D eigenvalue weighted by atomic mass is 19.3. The van der Waals surface area contributed by atoms with Crippen LogP contribution in [0.1, 0.15) is 13.3 Å². The van der Waals surface area contributed by atoms with E-state index in [0.717, 1.165) is 65.4 Å². The maximum atomic E-state index is 12.5. The molecule has 0 bridgehead atoms. The van der Waals surface area contributed by atoms with Crippen LogP contribution < -0.4 is 0 Å². The van der Waals surface area contributed by atoms with E-state index in [2.05, 4.69) is 16.7 Å². The largest absolute Gasteiger partial charge is 0.379 e. The molecule has 0 aromatic carbocycles. The van der Waals surface area contributed by atoms with Gasteiger partial charge in [0, 0.05) is 51.9 Å². The Hall–Kier alpha value is -0.300. The van der Waals surface area contributed by atoms with Crippen LogP contribution in [0, 0.1) is 0 Å². The third-order valence-electron chi connectivity index (χ3n) is 4.37. The van der Waals surface area contributed by atoms with Crippen molar-refractivity contribution in [3.8, 4) is 0 Å². The first-order valence-corrected chi connectivity index (χ1v) is 7.73. The van der Waals surface area contributed by atoms with Crippen LogP contribution in [0.3, 0.4) is 0 Å². The Balaban J connectivity index is 1.71. The highest BCUT2D eigenvalue weighted by Crippen LogP contribution is 2.14. The molecule has 2 fully saturated rings. The summed E-state index contributed by atoms with van der Waals surface area (Å²) in [5.74, 6) is 0. The van der Waals surface area contributed by atoms with E-state index in [1.165, 1.54) is 0 Å². The zero-order valence-corrected chi connectivity index (χ0v) is 12.4. The van der Waals surface area contributed by atoms with Crippen molar-refractivity contribution in [2.45, 2.75) is 25.8 Å². The van der Waals surface area contributed by atoms with Crippen molar-refractivity contribution in [1.82, 2.24) is 14.7 Å². The quantitative estimate of drug-likeness (QED) is 0.726. The van der Waals surface area contributed by atoms with Crippen molar-refractivity contribution in [3.63, 3.8) is 0 Å². The van der Waals surface area contributed by atoms with E-state index in [0.29, 0.717) is 0 Å². The Kier molecular flexibility index (Phi) is 6.61. The summed E-state index contributed by atoms with van der Waals surface area (Å²) in [6.07, 6.45) is -1.27. The highest BCUT2D eigenvalue weighted by molar-refractivity contribution is 4.82. The summed E-state index contributed by atoms with van der Waals surface area (Å²) >= 11 is 0. The molecule has 1 unspecified atom stereocenters. The lowest BCUT2D eigenvalue weighted by atomic mass is 10.1. The van der Waals surface area contributed by atoms with Crippen molar-refractivity contribution in [1.29, 1.82) is 0 Å². The molecule has 1 atom stereocenters. The molecule has 2 heterocycles. The Bertz CT molecular complexity index is 275. The molecular weight excluding hydrogens is 264 g/mol. The molecule has 0 amide bonds. The molecule has 0 N–H and O–H groups in total. The van der Waals surface area contributed by atoms with Crippen LogP contribution in [0.2, 0.25) is 0 Å². The van der Waals surface area contributed by atoms with Crippen molar-refractivity contribution >= 4 is 0 Å². The summed E-state index contributed by atoms with van der Waals surface area (Å²) in [5, 5.41) is 0. The second-order valence-corrected chi connectivity index (χ2v) is 5.70. The molecule has 0 saturated carbocycles. The van der Waals surface area contributed by atoms with E-state index >= 15 is 0 Å². The molecule has 0 aromatic heterocycles. The number of rotatable bonds is 6. The molecule has 20 heavy (non-hydrogen) atoms. The number of hydrogen-bond acceptors (Lipinski definition) is 4. The lowest BCUT2D eigenvalue weighted by Gasteiger charge is -2.41. The Morgan fingerprint density at radius 3 is 2.40 bits per heavy atom. The summed E-state index contributed by atoms with van der Waals surface area (Å²) in [4.78, 5) is 6.80. The molecule has 0 spiro atoms. The molecular formula is C14H27F2N3O. The maximum absolute atomic E-state index is 12.5. The number of piperazine rings is 1. The molecule has 118 valence electrons. The van der Waals surface area contributed by atoms with Gasteiger partial charge in [0.2, 0.25) is 0 Å². The minimum absolute atomic E-state index is 0.0736. The first-order chi connectivity index (χ1) is 9.69. The molecule has 2 rings (SSSR count). The molecule has 2 saturated heterocycles. The highest BCUT2D eigenvalue weighted by Gasteiger charge is 2.27. The summed E-state index contributed by atoms with van der Waals surface area (Å²) in [5.41, 5.74) is 0. The van der Waals surface area contributed by atoms with E-state index in [4.69, 9.17) is 4.74 Å². The fourth-order valence-corrected chi connectivity index (χ4v) is 3.07. The average molecular weight is 291 g/mol. The fraction of sp³-hybridized carbons (Fsp3) is 1.00. The van der Waals surface area contributed by atoms with E-state index < -0.39 is 6.43 Å². The monoisotopic (exact) mass is 291 g/mol. The number of alkyl halides is 2. The molecule has 6 heteroatoms. The minimum Gasteiger partial charge on any atom is -0.379 e. The lowest BCUT2D eigenvalue weighted by Crippen LogP contribution is -2.55. The molecule has 0 radical (unpaired) electrons. The van der Waals surface area contributed by atoms with Gasteiger partial charge in [0.05, 0.1) is 19.8 Å². The molecule has 0 aromatic rings. The van der Waals surface area contributed by atoms with Crippen molar-refractivity contribution < 1.29 is 13.5 Å². The van der Waals surface area contributed by atoms with Crippen LogP contribution in [0.25, 0.3) is 0 Å². The van der Waals surface area contributed by atoms with Gasteiger partial charge in [-0.3, -0.25) is 14.7 Å². The maximum Gasteiger partial charge on any atom is 0.251 e. The fourth-order valence-electron chi connectivity index (χ4n) is 3.07. The van der Waals surface area contributed by atoms with Gasteiger partial charge in [0.15, 0.2) is 0 Å². The van der Waals surface area contributed by atoms with Crippen molar-refractivity contribution in [2.24, 2.45) is 0 Å². The van der Waals surface area contributed by atoms with Gasteiger partial charge in [-0.25, -0.2) is 8.78 Å². The van der Waals surface area contributed by atoms with E-state index in [1.54, 1.807) is 0 Å². The van der Waals surface area contributed by atoms with Gasteiger partial charge in [0.25, 0.3) is 6.43 Å². The standard InChI is InChI=1S/C14H27F2N3O/c1-2-13-11-18(5-6-19(13)12-14(15)16)4-3-17-7-9-20-10-8-17/h13-14H,2-12H2,1H3. The first kappa shape index (κ1) is 16.1. The van der Waals surface area contributed by atoms with Crippen molar-refractivity contribution in [2.75, 3.05) is 65.6 Å². The minimum atomic E-state index is -2.22. The zero-order valence-electron chi connectivity index (χ0n) is 12.4. The zero-order chi connectivity index (χ0) is 14.4. The summed E-state index contributed by atoms with van der Waals surface area (Å²) < 4.78 is 30.4. The smallest absolute Gasteiger partial charge is 0.251 e. The Morgan fingerprint density at radius 1 is 1.05 bits per heavy atom. The second kappa shape index (κ2) is 8.22. The van der Waals surface area contributed by atoms with E-state index in [9.17, 15) is 8.78 Å². The number of halogens is 2. The SMILES string of the molecule is CCC1CN(CCN2CCOCC2)CCN1CC(F)F. The normalized spacial score (nSPS) is 27.3. The van der Waals surface area contributed by atoms with Crippen LogP contribution >= 0.6 is 0 Å². The van der Waals surface area contributed by atoms with Gasteiger partial charge in [-0.2, -0.15) is 0 Å². The van der Waals surface area contributed by atoms with Crippen LogP contribution in [0.4, 0.5) is 8.78 Å². The van der Waals surface area contributed by atoms with Gasteiger partial charge in [-0.1, -0.05) is 6.92 Å². The lowest BCUT2D eigenvalue weighted by molar-refractivity contribution is 0.00716.